The lowest BCUT2D eigenvalue weighted by atomic mass is 10.1. The highest BCUT2D eigenvalue weighted by Gasteiger charge is 2.29. The molecule has 0 aromatic heterocycles. The molecule has 0 saturated carbocycles. The molecule has 2 amide bonds. The van der Waals surface area contributed by atoms with Crippen LogP contribution in [0.1, 0.15) is 30.0 Å². The van der Waals surface area contributed by atoms with Crippen molar-refractivity contribution in [2.45, 2.75) is 39.8 Å². The monoisotopic (exact) mass is 436 g/mol. The lowest BCUT2D eigenvalue weighted by Gasteiger charge is -2.30. The number of carbonyl (C=O) groups excluding carboxylic acids is 2. The first-order chi connectivity index (χ1) is 13.8. The Hall–Kier alpha value is -2.24. The van der Waals surface area contributed by atoms with Crippen molar-refractivity contribution in [3.8, 4) is 5.75 Å². The number of nitrogens with one attached hydrogen (secondary N) is 1. The van der Waals surface area contributed by atoms with Gasteiger partial charge in [-0.05, 0) is 44.0 Å². The fraction of sp³-hybridized carbons (Fsp3) is 0.364. The van der Waals surface area contributed by atoms with Crippen molar-refractivity contribution in [2.24, 2.45) is 0 Å². The van der Waals surface area contributed by atoms with E-state index in [0.29, 0.717) is 27.8 Å². The first kappa shape index (κ1) is 23.0. The van der Waals surface area contributed by atoms with E-state index in [9.17, 15) is 9.59 Å². The van der Waals surface area contributed by atoms with Crippen molar-refractivity contribution in [2.75, 3.05) is 13.7 Å². The minimum Gasteiger partial charge on any atom is -0.483 e. The SMILES string of the molecule is CCC(C(=O)NC)N(Cc1c(Cl)cccc1Cl)C(=O)COc1ccc(C)cc1C. The highest BCUT2D eigenvalue weighted by molar-refractivity contribution is 6.36. The van der Waals surface area contributed by atoms with Crippen LogP contribution in [0.25, 0.3) is 0 Å². The van der Waals surface area contributed by atoms with Crippen LogP contribution in [0.4, 0.5) is 0 Å². The number of nitrogens with zero attached hydrogens (tertiary/aromatic N) is 1. The molecule has 0 aliphatic carbocycles. The lowest BCUT2D eigenvalue weighted by molar-refractivity contribution is -0.142. The summed E-state index contributed by atoms with van der Waals surface area (Å²) in [6.07, 6.45) is 0.442. The van der Waals surface area contributed by atoms with Gasteiger partial charge in [0.15, 0.2) is 6.61 Å². The van der Waals surface area contributed by atoms with Gasteiger partial charge in [0.25, 0.3) is 5.91 Å². The molecule has 1 atom stereocenters. The first-order valence-electron chi connectivity index (χ1n) is 9.42. The topological polar surface area (TPSA) is 58.6 Å². The van der Waals surface area contributed by atoms with Crippen LogP contribution in [0.15, 0.2) is 36.4 Å². The number of halogens is 2. The van der Waals surface area contributed by atoms with E-state index in [1.807, 2.05) is 39.0 Å². The molecule has 7 heteroatoms. The fourth-order valence-corrected chi connectivity index (χ4v) is 3.64. The molecule has 1 unspecified atom stereocenters. The van der Waals surface area contributed by atoms with Crippen LogP contribution in [0.3, 0.4) is 0 Å². The molecular weight excluding hydrogens is 411 g/mol. The molecule has 0 radical (unpaired) electrons. The highest BCUT2D eigenvalue weighted by Crippen LogP contribution is 2.27. The summed E-state index contributed by atoms with van der Waals surface area (Å²) < 4.78 is 5.75. The predicted octanol–water partition coefficient (Wildman–Crippen LogP) is 4.54. The average molecular weight is 437 g/mol. The zero-order valence-corrected chi connectivity index (χ0v) is 18.6. The molecule has 2 aromatic carbocycles. The number of hydrogen-bond donors (Lipinski definition) is 1. The summed E-state index contributed by atoms with van der Waals surface area (Å²) in [4.78, 5) is 26.9. The highest BCUT2D eigenvalue weighted by atomic mass is 35.5. The molecule has 0 heterocycles. The summed E-state index contributed by atoms with van der Waals surface area (Å²) >= 11 is 12.6. The van der Waals surface area contributed by atoms with E-state index in [1.165, 1.54) is 4.90 Å². The Balaban J connectivity index is 2.28. The summed E-state index contributed by atoms with van der Waals surface area (Å²) in [5.41, 5.74) is 2.65. The Kier molecular flexibility index (Phi) is 8.35. The molecule has 0 bridgehead atoms. The summed E-state index contributed by atoms with van der Waals surface area (Å²) in [6.45, 7) is 5.68. The van der Waals surface area contributed by atoms with Gasteiger partial charge in [0.1, 0.15) is 11.8 Å². The van der Waals surface area contributed by atoms with Crippen molar-refractivity contribution < 1.29 is 14.3 Å². The smallest absolute Gasteiger partial charge is 0.261 e. The summed E-state index contributed by atoms with van der Waals surface area (Å²) in [6, 6.07) is 10.2. The average Bonchev–Trinajstić information content (AvgIpc) is 2.68. The van der Waals surface area contributed by atoms with E-state index in [2.05, 4.69) is 5.32 Å². The third kappa shape index (κ3) is 5.87. The van der Waals surface area contributed by atoms with Crippen LogP contribution in [0, 0.1) is 13.8 Å². The molecule has 0 aliphatic heterocycles. The van der Waals surface area contributed by atoms with Crippen LogP contribution in [-0.4, -0.2) is 36.4 Å². The van der Waals surface area contributed by atoms with Crippen LogP contribution < -0.4 is 10.1 Å². The zero-order valence-electron chi connectivity index (χ0n) is 17.1. The maximum absolute atomic E-state index is 13.1. The Morgan fingerprint density at radius 3 is 2.34 bits per heavy atom. The summed E-state index contributed by atoms with van der Waals surface area (Å²) in [5, 5.41) is 3.50. The second-order valence-electron chi connectivity index (χ2n) is 6.82. The molecule has 0 spiro atoms. The van der Waals surface area contributed by atoms with Gasteiger partial charge in [0.2, 0.25) is 5.91 Å². The first-order valence-corrected chi connectivity index (χ1v) is 10.2. The Labute approximate surface area is 181 Å². The van der Waals surface area contributed by atoms with Crippen molar-refractivity contribution in [1.29, 1.82) is 0 Å². The Morgan fingerprint density at radius 2 is 1.79 bits per heavy atom. The number of hydrogen-bond acceptors (Lipinski definition) is 3. The number of ether oxygens (including phenoxy) is 1. The normalized spacial score (nSPS) is 11.7. The van der Waals surface area contributed by atoms with Gasteiger partial charge in [0.05, 0.1) is 0 Å². The molecule has 0 fully saturated rings. The Morgan fingerprint density at radius 1 is 1.14 bits per heavy atom. The van der Waals surface area contributed by atoms with E-state index in [-0.39, 0.29) is 25.0 Å². The molecule has 2 aromatic rings. The van der Waals surface area contributed by atoms with E-state index in [0.717, 1.165) is 11.1 Å². The maximum Gasteiger partial charge on any atom is 0.261 e. The van der Waals surface area contributed by atoms with Gasteiger partial charge in [-0.25, -0.2) is 0 Å². The number of benzene rings is 2. The lowest BCUT2D eigenvalue weighted by Crippen LogP contribution is -2.49. The zero-order chi connectivity index (χ0) is 21.6. The molecule has 29 heavy (non-hydrogen) atoms. The summed E-state index contributed by atoms with van der Waals surface area (Å²) in [5.74, 6) is 0.0552. The van der Waals surface area contributed by atoms with Gasteiger partial charge in [-0.3, -0.25) is 9.59 Å². The number of rotatable bonds is 8. The van der Waals surface area contributed by atoms with Gasteiger partial charge in [0, 0.05) is 29.2 Å². The molecule has 0 aliphatic rings. The second-order valence-corrected chi connectivity index (χ2v) is 7.63. The van der Waals surface area contributed by atoms with Crippen LogP contribution in [-0.2, 0) is 16.1 Å². The van der Waals surface area contributed by atoms with Crippen molar-refractivity contribution >= 4 is 35.0 Å². The minimum absolute atomic E-state index is 0.111. The largest absolute Gasteiger partial charge is 0.483 e. The number of carbonyl (C=O) groups is 2. The molecular formula is C22H26Cl2N2O3. The van der Waals surface area contributed by atoms with Crippen molar-refractivity contribution in [1.82, 2.24) is 10.2 Å². The predicted molar refractivity (Wildman–Crippen MR) is 117 cm³/mol. The van der Waals surface area contributed by atoms with E-state index < -0.39 is 6.04 Å². The summed E-state index contributed by atoms with van der Waals surface area (Å²) in [7, 11) is 1.54. The van der Waals surface area contributed by atoms with E-state index in [4.69, 9.17) is 27.9 Å². The standard InChI is InChI=1S/C22H26Cl2N2O3/c1-5-19(22(28)25-4)26(12-16-17(23)7-6-8-18(16)24)21(27)13-29-20-10-9-14(2)11-15(20)3/h6-11,19H,5,12-13H2,1-4H3,(H,25,28). The fourth-order valence-electron chi connectivity index (χ4n) is 3.12. The van der Waals surface area contributed by atoms with Crippen LogP contribution >= 0.6 is 23.2 Å². The maximum atomic E-state index is 13.1. The van der Waals surface area contributed by atoms with Crippen LogP contribution in [0.2, 0.25) is 10.0 Å². The third-order valence-electron chi connectivity index (χ3n) is 4.70. The van der Waals surface area contributed by atoms with E-state index >= 15 is 0 Å². The van der Waals surface area contributed by atoms with Gasteiger partial charge in [-0.1, -0.05) is 53.9 Å². The third-order valence-corrected chi connectivity index (χ3v) is 5.41. The van der Waals surface area contributed by atoms with Gasteiger partial charge in [-0.15, -0.1) is 0 Å². The van der Waals surface area contributed by atoms with E-state index in [1.54, 1.807) is 25.2 Å². The minimum atomic E-state index is -0.664. The molecule has 156 valence electrons. The number of aryl methyl sites for hydroxylation is 2. The second kappa shape index (κ2) is 10.5. The number of likely N-dealkylation sites (N-methyl/N-ethyl adjacent to an activating group) is 1. The van der Waals surface area contributed by atoms with Gasteiger partial charge in [-0.2, -0.15) is 0 Å². The quantitative estimate of drug-likeness (QED) is 0.660. The van der Waals surface area contributed by atoms with Gasteiger partial charge < -0.3 is 15.0 Å². The molecule has 2 rings (SSSR count). The van der Waals surface area contributed by atoms with Crippen LogP contribution in [0.5, 0.6) is 5.75 Å². The van der Waals surface area contributed by atoms with Crippen molar-refractivity contribution in [3.05, 3.63) is 63.1 Å². The number of amides is 2. The van der Waals surface area contributed by atoms with Gasteiger partial charge >= 0.3 is 0 Å². The van der Waals surface area contributed by atoms with Crippen molar-refractivity contribution in [3.63, 3.8) is 0 Å². The molecule has 0 saturated heterocycles. The molecule has 1 N–H and O–H groups in total. The molecule has 5 nitrogen and oxygen atoms in total. The Bertz CT molecular complexity index is 866.